The van der Waals surface area contributed by atoms with Crippen LogP contribution in [0.1, 0.15) is 28.7 Å². The smallest absolute Gasteiger partial charge is 0.340 e. The molecule has 0 spiro atoms. The molecule has 0 radical (unpaired) electrons. The normalized spacial score (nSPS) is 10.5. The number of para-hydroxylation sites is 1. The molecule has 0 saturated carbocycles. The van der Waals surface area contributed by atoms with Crippen molar-refractivity contribution in [2.75, 3.05) is 18.5 Å². The lowest BCUT2D eigenvalue weighted by Gasteiger charge is -2.10. The molecule has 0 aliphatic carbocycles. The molecule has 32 heavy (non-hydrogen) atoms. The van der Waals surface area contributed by atoms with E-state index < -0.39 is 23.4 Å². The number of nitrogens with one attached hydrogen (secondary N) is 1. The van der Waals surface area contributed by atoms with Gasteiger partial charge in [0.05, 0.1) is 23.2 Å². The predicted molar refractivity (Wildman–Crippen MR) is 118 cm³/mol. The van der Waals surface area contributed by atoms with Gasteiger partial charge in [-0.1, -0.05) is 18.2 Å². The van der Waals surface area contributed by atoms with Crippen molar-refractivity contribution in [2.24, 2.45) is 0 Å². The fourth-order valence-electron chi connectivity index (χ4n) is 3.36. The Labute approximate surface area is 184 Å². The predicted octanol–water partition coefficient (Wildman–Crippen LogP) is 4.20. The Morgan fingerprint density at radius 2 is 1.81 bits per heavy atom. The number of esters is 1. The van der Waals surface area contributed by atoms with Crippen LogP contribution in [0, 0.1) is 24.0 Å². The van der Waals surface area contributed by atoms with Crippen LogP contribution in [0.15, 0.2) is 54.6 Å². The van der Waals surface area contributed by atoms with Crippen LogP contribution in [0.25, 0.3) is 5.69 Å². The van der Waals surface area contributed by atoms with Gasteiger partial charge in [0.15, 0.2) is 6.61 Å². The Hall–Kier alpha value is -4.14. The zero-order valence-corrected chi connectivity index (χ0v) is 18.0. The van der Waals surface area contributed by atoms with Crippen molar-refractivity contribution in [1.82, 2.24) is 4.57 Å². The fraction of sp³-hybridized carbons (Fsp3) is 0.217. The van der Waals surface area contributed by atoms with Crippen LogP contribution < -0.4 is 10.1 Å². The minimum atomic E-state index is -0.692. The van der Waals surface area contributed by atoms with Crippen LogP contribution in [0.3, 0.4) is 0 Å². The Balaban J connectivity index is 1.69. The van der Waals surface area contributed by atoms with Gasteiger partial charge in [-0.3, -0.25) is 14.9 Å². The Bertz CT molecular complexity index is 1150. The number of aromatic nitrogens is 1. The standard InChI is InChI=1S/C23H23N3O6/c1-4-31-18-10-11-20(21(13-18)26(29)30)24-22(27)14-32-23(28)19-12-15(2)25(16(19)3)17-8-6-5-7-9-17/h5-13H,4,14H2,1-3H3,(H,24,27). The number of rotatable bonds is 8. The molecule has 0 fully saturated rings. The summed E-state index contributed by atoms with van der Waals surface area (Å²) in [6.45, 7) is 5.18. The van der Waals surface area contributed by atoms with Gasteiger partial charge in [0.1, 0.15) is 11.4 Å². The molecule has 1 amide bonds. The maximum Gasteiger partial charge on any atom is 0.340 e. The first-order valence-electron chi connectivity index (χ1n) is 9.94. The van der Waals surface area contributed by atoms with Crippen LogP contribution in [-0.4, -0.2) is 34.6 Å². The van der Waals surface area contributed by atoms with Crippen LogP contribution >= 0.6 is 0 Å². The lowest BCUT2D eigenvalue weighted by molar-refractivity contribution is -0.384. The average molecular weight is 437 g/mol. The van der Waals surface area contributed by atoms with Gasteiger partial charge in [-0.05, 0) is 51.1 Å². The molecule has 3 rings (SSSR count). The van der Waals surface area contributed by atoms with Crippen molar-refractivity contribution in [2.45, 2.75) is 20.8 Å². The van der Waals surface area contributed by atoms with Crippen LogP contribution in [0.2, 0.25) is 0 Å². The zero-order valence-electron chi connectivity index (χ0n) is 18.0. The van der Waals surface area contributed by atoms with E-state index in [9.17, 15) is 19.7 Å². The average Bonchev–Trinajstić information content (AvgIpc) is 3.07. The van der Waals surface area contributed by atoms with Crippen molar-refractivity contribution in [3.8, 4) is 11.4 Å². The van der Waals surface area contributed by atoms with Gasteiger partial charge in [0, 0.05) is 17.1 Å². The first-order valence-corrected chi connectivity index (χ1v) is 9.94. The van der Waals surface area contributed by atoms with E-state index in [-0.39, 0.29) is 11.4 Å². The second-order valence-electron chi connectivity index (χ2n) is 6.95. The highest BCUT2D eigenvalue weighted by Gasteiger charge is 2.21. The second-order valence-corrected chi connectivity index (χ2v) is 6.95. The van der Waals surface area contributed by atoms with E-state index in [4.69, 9.17) is 9.47 Å². The zero-order chi connectivity index (χ0) is 23.3. The van der Waals surface area contributed by atoms with Gasteiger partial charge in [0.25, 0.3) is 11.6 Å². The summed E-state index contributed by atoms with van der Waals surface area (Å²) >= 11 is 0. The Kier molecular flexibility index (Phi) is 6.89. The number of benzene rings is 2. The first-order chi connectivity index (χ1) is 15.3. The maximum atomic E-state index is 12.6. The number of nitrogens with zero attached hydrogens (tertiary/aromatic N) is 2. The molecule has 9 nitrogen and oxygen atoms in total. The SMILES string of the molecule is CCOc1ccc(NC(=O)COC(=O)c2cc(C)n(-c3ccccc3)c2C)c([N+](=O)[O-])c1. The third-order valence-electron chi connectivity index (χ3n) is 4.75. The molecule has 0 aliphatic rings. The van der Waals surface area contributed by atoms with Gasteiger partial charge in [-0.15, -0.1) is 0 Å². The minimum absolute atomic E-state index is 0.0123. The summed E-state index contributed by atoms with van der Waals surface area (Å²) in [6, 6.07) is 15.3. The van der Waals surface area contributed by atoms with E-state index in [0.29, 0.717) is 23.6 Å². The number of amides is 1. The summed E-state index contributed by atoms with van der Waals surface area (Å²) < 4.78 is 12.3. The molecule has 1 N–H and O–H groups in total. The van der Waals surface area contributed by atoms with Crippen molar-refractivity contribution in [3.05, 3.63) is 81.7 Å². The fourth-order valence-corrected chi connectivity index (χ4v) is 3.36. The van der Waals surface area contributed by atoms with Gasteiger partial charge >= 0.3 is 5.97 Å². The largest absolute Gasteiger partial charge is 0.494 e. The van der Waals surface area contributed by atoms with Gasteiger partial charge in [-0.25, -0.2) is 4.79 Å². The number of hydrogen-bond donors (Lipinski definition) is 1. The van der Waals surface area contributed by atoms with Crippen LogP contribution in [-0.2, 0) is 9.53 Å². The highest BCUT2D eigenvalue weighted by molar-refractivity contribution is 5.97. The van der Waals surface area contributed by atoms with Crippen LogP contribution in [0.4, 0.5) is 11.4 Å². The summed E-state index contributed by atoms with van der Waals surface area (Å²) in [4.78, 5) is 35.5. The first kappa shape index (κ1) is 22.5. The van der Waals surface area contributed by atoms with Gasteiger partial charge < -0.3 is 19.4 Å². The molecule has 0 atom stereocenters. The van der Waals surface area contributed by atoms with E-state index in [1.807, 2.05) is 41.8 Å². The molecule has 2 aromatic carbocycles. The molecule has 166 valence electrons. The Morgan fingerprint density at radius 3 is 2.47 bits per heavy atom. The molecule has 0 bridgehead atoms. The number of aryl methyl sites for hydroxylation is 1. The maximum absolute atomic E-state index is 12.6. The summed E-state index contributed by atoms with van der Waals surface area (Å²) in [6.07, 6.45) is 0. The van der Waals surface area contributed by atoms with Gasteiger partial charge in [0.2, 0.25) is 0 Å². The molecular weight excluding hydrogens is 414 g/mol. The van der Waals surface area contributed by atoms with Crippen molar-refractivity contribution in [3.63, 3.8) is 0 Å². The molecule has 0 aliphatic heterocycles. The van der Waals surface area contributed by atoms with E-state index in [0.717, 1.165) is 11.4 Å². The summed E-state index contributed by atoms with van der Waals surface area (Å²) in [5.41, 5.74) is 2.44. The topological polar surface area (TPSA) is 113 Å². The molecule has 0 saturated heterocycles. The van der Waals surface area contributed by atoms with E-state index in [1.165, 1.54) is 18.2 Å². The quantitative estimate of drug-likeness (QED) is 0.321. The second kappa shape index (κ2) is 9.78. The number of nitro groups is 1. The summed E-state index contributed by atoms with van der Waals surface area (Å²) in [5, 5.41) is 13.7. The summed E-state index contributed by atoms with van der Waals surface area (Å²) in [5.74, 6) is -1.03. The van der Waals surface area contributed by atoms with E-state index >= 15 is 0 Å². The monoisotopic (exact) mass is 437 g/mol. The third-order valence-corrected chi connectivity index (χ3v) is 4.75. The number of anilines is 1. The highest BCUT2D eigenvalue weighted by Crippen LogP contribution is 2.29. The molecule has 1 heterocycles. The van der Waals surface area contributed by atoms with Gasteiger partial charge in [-0.2, -0.15) is 0 Å². The molecule has 1 aromatic heterocycles. The molecule has 0 unspecified atom stereocenters. The number of hydrogen-bond acceptors (Lipinski definition) is 6. The van der Waals surface area contributed by atoms with Crippen molar-refractivity contribution in [1.29, 1.82) is 0 Å². The molecular formula is C23H23N3O6. The highest BCUT2D eigenvalue weighted by atomic mass is 16.6. The van der Waals surface area contributed by atoms with E-state index in [2.05, 4.69) is 5.32 Å². The number of ether oxygens (including phenoxy) is 2. The van der Waals surface area contributed by atoms with Crippen LogP contribution in [0.5, 0.6) is 5.75 Å². The molecule has 3 aromatic rings. The number of carbonyl (C=O) groups is 2. The molecule has 9 heteroatoms. The third kappa shape index (κ3) is 4.94. The van der Waals surface area contributed by atoms with Crippen molar-refractivity contribution < 1.29 is 24.0 Å². The lowest BCUT2D eigenvalue weighted by atomic mass is 10.2. The van der Waals surface area contributed by atoms with E-state index in [1.54, 1.807) is 19.9 Å². The minimum Gasteiger partial charge on any atom is -0.494 e. The van der Waals surface area contributed by atoms with Crippen molar-refractivity contribution >= 4 is 23.3 Å². The Morgan fingerprint density at radius 1 is 1.09 bits per heavy atom. The number of carbonyl (C=O) groups excluding carboxylic acids is 2. The summed E-state index contributed by atoms with van der Waals surface area (Å²) in [7, 11) is 0. The number of nitro benzene ring substituents is 1. The lowest BCUT2D eigenvalue weighted by Crippen LogP contribution is -2.21.